The fraction of sp³-hybridized carbons (Fsp3) is 0.375. The number of rotatable bonds is 5. The van der Waals surface area contributed by atoms with E-state index in [1.165, 1.54) is 5.56 Å². The molecule has 1 saturated carbocycles. The van der Waals surface area contributed by atoms with Gasteiger partial charge in [0.2, 0.25) is 0 Å². The van der Waals surface area contributed by atoms with Crippen molar-refractivity contribution in [3.63, 3.8) is 0 Å². The maximum atomic E-state index is 9.27. The van der Waals surface area contributed by atoms with Crippen LogP contribution >= 0.6 is 0 Å². The first-order chi connectivity index (χ1) is 10.1. The Bertz CT molecular complexity index is 635. The van der Waals surface area contributed by atoms with Crippen molar-refractivity contribution in [3.8, 4) is 5.75 Å². The average molecular weight is 284 g/mol. The van der Waals surface area contributed by atoms with E-state index in [4.69, 9.17) is 5.73 Å². The lowest BCUT2D eigenvalue weighted by Gasteiger charge is -2.12. The number of nitrogens with one attached hydrogen (secondary N) is 1. The second-order valence-electron chi connectivity index (χ2n) is 5.56. The molecular formula is C16H20N4O. The molecule has 1 heterocycles. The van der Waals surface area contributed by atoms with E-state index >= 15 is 0 Å². The maximum Gasteiger partial charge on any atom is 0.136 e. The third-order valence-corrected chi connectivity index (χ3v) is 3.79. The highest BCUT2D eigenvalue weighted by molar-refractivity contribution is 5.55. The van der Waals surface area contributed by atoms with Crippen molar-refractivity contribution in [2.75, 3.05) is 17.6 Å². The predicted octanol–water partition coefficient (Wildman–Crippen LogP) is 2.60. The first-order valence-electron chi connectivity index (χ1n) is 7.29. The minimum atomic E-state index is 0.292. The van der Waals surface area contributed by atoms with E-state index in [1.807, 2.05) is 19.1 Å². The lowest BCUT2D eigenvalue weighted by molar-refractivity contribution is 0.475. The number of nitrogens with two attached hydrogens (primary N) is 1. The van der Waals surface area contributed by atoms with Gasteiger partial charge in [0, 0.05) is 18.0 Å². The number of benzene rings is 1. The summed E-state index contributed by atoms with van der Waals surface area (Å²) in [5.41, 5.74) is 8.04. The molecule has 1 aromatic carbocycles. The van der Waals surface area contributed by atoms with Crippen LogP contribution in [0, 0.1) is 6.92 Å². The standard InChI is InChI=1S/C16H20N4O/c1-10-14(17)19-16(12-4-5-12)20-15(10)18-9-8-11-2-6-13(21)7-3-11/h2-3,6-7,12,21H,4-5,8-9H2,1H3,(H3,17,18,19,20). The number of phenolic OH excluding ortho intramolecular Hbond substituents is 1. The molecule has 21 heavy (non-hydrogen) atoms. The molecule has 0 atom stereocenters. The van der Waals surface area contributed by atoms with Crippen molar-refractivity contribution in [3.05, 3.63) is 41.2 Å². The average Bonchev–Trinajstić information content (AvgIpc) is 3.30. The summed E-state index contributed by atoms with van der Waals surface area (Å²) in [6.45, 7) is 2.71. The van der Waals surface area contributed by atoms with Crippen molar-refractivity contribution in [1.29, 1.82) is 0 Å². The Balaban J connectivity index is 1.65. The van der Waals surface area contributed by atoms with Gasteiger partial charge in [0.05, 0.1) is 0 Å². The lowest BCUT2D eigenvalue weighted by atomic mass is 10.1. The quantitative estimate of drug-likeness (QED) is 0.786. The molecule has 0 saturated heterocycles. The smallest absolute Gasteiger partial charge is 0.136 e. The minimum Gasteiger partial charge on any atom is -0.508 e. The Morgan fingerprint density at radius 3 is 2.62 bits per heavy atom. The fourth-order valence-corrected chi connectivity index (χ4v) is 2.24. The summed E-state index contributed by atoms with van der Waals surface area (Å²) in [4.78, 5) is 8.97. The summed E-state index contributed by atoms with van der Waals surface area (Å²) in [6.07, 6.45) is 3.19. The number of nitrogens with zero attached hydrogens (tertiary/aromatic N) is 2. The Morgan fingerprint density at radius 2 is 1.95 bits per heavy atom. The second kappa shape index (κ2) is 5.60. The zero-order valence-electron chi connectivity index (χ0n) is 12.1. The van der Waals surface area contributed by atoms with Gasteiger partial charge in [-0.2, -0.15) is 0 Å². The van der Waals surface area contributed by atoms with Gasteiger partial charge in [-0.05, 0) is 43.9 Å². The van der Waals surface area contributed by atoms with Crippen molar-refractivity contribution >= 4 is 11.6 Å². The lowest BCUT2D eigenvalue weighted by Crippen LogP contribution is -2.11. The molecule has 0 bridgehead atoms. The molecular weight excluding hydrogens is 264 g/mol. The highest BCUT2D eigenvalue weighted by atomic mass is 16.3. The molecule has 1 aliphatic carbocycles. The predicted molar refractivity (Wildman–Crippen MR) is 83.5 cm³/mol. The first kappa shape index (κ1) is 13.7. The van der Waals surface area contributed by atoms with Gasteiger partial charge >= 0.3 is 0 Å². The number of nitrogen functional groups attached to an aromatic ring is 1. The molecule has 0 amide bonds. The van der Waals surface area contributed by atoms with Gasteiger partial charge in [-0.1, -0.05) is 12.1 Å². The Morgan fingerprint density at radius 1 is 1.24 bits per heavy atom. The zero-order chi connectivity index (χ0) is 14.8. The van der Waals surface area contributed by atoms with Gasteiger partial charge < -0.3 is 16.2 Å². The third kappa shape index (κ3) is 3.24. The van der Waals surface area contributed by atoms with Gasteiger partial charge in [0.25, 0.3) is 0 Å². The third-order valence-electron chi connectivity index (χ3n) is 3.79. The molecule has 0 radical (unpaired) electrons. The summed E-state index contributed by atoms with van der Waals surface area (Å²) in [7, 11) is 0. The largest absolute Gasteiger partial charge is 0.508 e. The van der Waals surface area contributed by atoms with Crippen molar-refractivity contribution in [2.24, 2.45) is 0 Å². The number of hydrogen-bond donors (Lipinski definition) is 3. The van der Waals surface area contributed by atoms with E-state index in [9.17, 15) is 5.11 Å². The fourth-order valence-electron chi connectivity index (χ4n) is 2.24. The van der Waals surface area contributed by atoms with Gasteiger partial charge in [-0.3, -0.25) is 0 Å². The number of aromatic hydroxyl groups is 1. The van der Waals surface area contributed by atoms with Crippen molar-refractivity contribution in [1.82, 2.24) is 9.97 Å². The van der Waals surface area contributed by atoms with E-state index in [0.717, 1.165) is 43.0 Å². The van der Waals surface area contributed by atoms with E-state index in [-0.39, 0.29) is 0 Å². The minimum absolute atomic E-state index is 0.292. The maximum absolute atomic E-state index is 9.27. The molecule has 3 rings (SSSR count). The molecule has 5 heteroatoms. The van der Waals surface area contributed by atoms with E-state index in [2.05, 4.69) is 15.3 Å². The summed E-state index contributed by atoms with van der Waals surface area (Å²) < 4.78 is 0. The SMILES string of the molecule is Cc1c(N)nc(C2CC2)nc1NCCc1ccc(O)cc1. The molecule has 2 aromatic rings. The van der Waals surface area contributed by atoms with Crippen LogP contribution in [0.3, 0.4) is 0 Å². The normalized spacial score (nSPS) is 14.1. The highest BCUT2D eigenvalue weighted by Gasteiger charge is 2.27. The van der Waals surface area contributed by atoms with Crippen LogP contribution in [0.4, 0.5) is 11.6 Å². The molecule has 0 aliphatic heterocycles. The summed E-state index contributed by atoms with van der Waals surface area (Å²) in [5, 5.41) is 12.6. The zero-order valence-corrected chi connectivity index (χ0v) is 12.1. The molecule has 0 spiro atoms. The number of anilines is 2. The molecule has 1 aromatic heterocycles. The summed E-state index contributed by atoms with van der Waals surface area (Å²) in [6, 6.07) is 7.25. The highest BCUT2D eigenvalue weighted by Crippen LogP contribution is 2.39. The van der Waals surface area contributed by atoms with Crippen LogP contribution < -0.4 is 11.1 Å². The van der Waals surface area contributed by atoms with Crippen LogP contribution in [0.2, 0.25) is 0 Å². The topological polar surface area (TPSA) is 84.1 Å². The second-order valence-corrected chi connectivity index (χ2v) is 5.56. The molecule has 4 N–H and O–H groups in total. The molecule has 5 nitrogen and oxygen atoms in total. The molecule has 1 aliphatic rings. The van der Waals surface area contributed by atoms with Crippen LogP contribution in [0.1, 0.15) is 35.7 Å². The van der Waals surface area contributed by atoms with Crippen LogP contribution in [0.15, 0.2) is 24.3 Å². The summed E-state index contributed by atoms with van der Waals surface area (Å²) in [5.74, 6) is 3.05. The Kier molecular flexibility index (Phi) is 3.64. The molecule has 1 fully saturated rings. The number of phenols is 1. The molecule has 0 unspecified atom stereocenters. The Hall–Kier alpha value is -2.30. The number of aromatic nitrogens is 2. The van der Waals surface area contributed by atoms with E-state index in [1.54, 1.807) is 12.1 Å². The Labute approximate surface area is 124 Å². The monoisotopic (exact) mass is 284 g/mol. The van der Waals surface area contributed by atoms with E-state index in [0.29, 0.717) is 17.5 Å². The van der Waals surface area contributed by atoms with Crippen molar-refractivity contribution < 1.29 is 5.11 Å². The van der Waals surface area contributed by atoms with Crippen molar-refractivity contribution in [2.45, 2.75) is 32.1 Å². The first-order valence-corrected chi connectivity index (χ1v) is 7.29. The van der Waals surface area contributed by atoms with Gasteiger partial charge in [0.15, 0.2) is 0 Å². The van der Waals surface area contributed by atoms with E-state index < -0.39 is 0 Å². The van der Waals surface area contributed by atoms with Crippen LogP contribution in [-0.4, -0.2) is 21.6 Å². The van der Waals surface area contributed by atoms with Gasteiger partial charge in [-0.15, -0.1) is 0 Å². The number of hydrogen-bond acceptors (Lipinski definition) is 5. The van der Waals surface area contributed by atoms with Gasteiger partial charge in [-0.25, -0.2) is 9.97 Å². The summed E-state index contributed by atoms with van der Waals surface area (Å²) >= 11 is 0. The van der Waals surface area contributed by atoms with Crippen LogP contribution in [0.25, 0.3) is 0 Å². The van der Waals surface area contributed by atoms with Crippen LogP contribution in [0.5, 0.6) is 5.75 Å². The molecule has 110 valence electrons. The van der Waals surface area contributed by atoms with Gasteiger partial charge in [0.1, 0.15) is 23.2 Å². The van der Waals surface area contributed by atoms with Crippen LogP contribution in [-0.2, 0) is 6.42 Å².